The van der Waals surface area contributed by atoms with Gasteiger partial charge in [-0.1, -0.05) is 6.92 Å². The lowest BCUT2D eigenvalue weighted by Crippen LogP contribution is -2.55. The Balaban J connectivity index is 1.72. The first kappa shape index (κ1) is 30.0. The number of pyridine rings is 1. The van der Waals surface area contributed by atoms with Crippen LogP contribution >= 0.6 is 0 Å². The van der Waals surface area contributed by atoms with E-state index in [1.165, 1.54) is 36.6 Å². The normalized spacial score (nSPS) is 19.0. The number of likely N-dealkylation sites (tertiary alicyclic amines) is 1. The Morgan fingerprint density at radius 1 is 1.15 bits per heavy atom. The number of nitrogens with one attached hydrogen (secondary N) is 1. The minimum absolute atomic E-state index is 0.0201. The van der Waals surface area contributed by atoms with Gasteiger partial charge in [-0.05, 0) is 45.7 Å². The fourth-order valence-corrected chi connectivity index (χ4v) is 4.61. The Morgan fingerprint density at radius 2 is 1.85 bits per heavy atom. The molecule has 0 spiro atoms. The monoisotopic (exact) mass is 552 g/mol. The molecular weight excluding hydrogens is 514 g/mol. The van der Waals surface area contributed by atoms with E-state index in [9.17, 15) is 14.4 Å². The Kier molecular flexibility index (Phi) is 8.97. The van der Waals surface area contributed by atoms with Crippen LogP contribution in [0.5, 0.6) is 11.5 Å². The van der Waals surface area contributed by atoms with E-state index in [4.69, 9.17) is 19.9 Å². The van der Waals surface area contributed by atoms with Crippen LogP contribution in [0.3, 0.4) is 0 Å². The molecule has 3 rings (SSSR count). The molecule has 0 radical (unpaired) electrons. The number of ether oxygens (including phenoxy) is 3. The molecule has 0 bridgehead atoms. The Morgan fingerprint density at radius 3 is 2.49 bits per heavy atom. The first-order chi connectivity index (χ1) is 18.1. The Labute approximate surface area is 226 Å². The molecular formula is C27H38F2N4O6. The highest BCUT2D eigenvalue weighted by Gasteiger charge is 2.50. The molecule has 1 saturated heterocycles. The molecule has 2 amide bonds. The summed E-state index contributed by atoms with van der Waals surface area (Å²) in [6, 6.07) is 4.69. The smallest absolute Gasteiger partial charge is 0.410 e. The molecule has 12 heteroatoms. The van der Waals surface area contributed by atoms with Gasteiger partial charge in [-0.2, -0.15) is 0 Å². The summed E-state index contributed by atoms with van der Waals surface area (Å²) in [4.78, 5) is 38.2. The maximum atomic E-state index is 15.0. The number of hydrogen-bond acceptors (Lipinski definition) is 7. The molecule has 0 saturated carbocycles. The van der Waals surface area contributed by atoms with Gasteiger partial charge in [-0.15, -0.1) is 0 Å². The van der Waals surface area contributed by atoms with Gasteiger partial charge in [0.1, 0.15) is 11.4 Å². The van der Waals surface area contributed by atoms with E-state index in [1.807, 2.05) is 0 Å². The quantitative estimate of drug-likeness (QED) is 0.379. The van der Waals surface area contributed by atoms with E-state index >= 15 is 8.78 Å². The van der Waals surface area contributed by atoms with Crippen LogP contribution < -0.4 is 26.1 Å². The van der Waals surface area contributed by atoms with Gasteiger partial charge in [0, 0.05) is 56.2 Å². The third-order valence-electron chi connectivity index (χ3n) is 6.64. The van der Waals surface area contributed by atoms with Gasteiger partial charge in [0.25, 0.3) is 17.4 Å². The van der Waals surface area contributed by atoms with Crippen LogP contribution in [0.1, 0.15) is 40.5 Å². The zero-order chi connectivity index (χ0) is 29.1. The number of carbonyl (C=O) groups excluding carboxylic acids is 2. The predicted molar refractivity (Wildman–Crippen MR) is 143 cm³/mol. The molecule has 3 N–H and O–H groups in total. The third-order valence-corrected chi connectivity index (χ3v) is 6.64. The highest BCUT2D eigenvalue weighted by Crippen LogP contribution is 2.40. The lowest BCUT2D eigenvalue weighted by molar-refractivity contribution is -0.145. The molecule has 1 aliphatic heterocycles. The largest absolute Gasteiger partial charge is 0.491 e. The van der Waals surface area contributed by atoms with Crippen LogP contribution in [0.2, 0.25) is 0 Å². The standard InChI is InChI=1S/C27H38F2N4O6/c1-16-13-33(25(36)39-26(2,3)4)14-18(27(16,28)29)8-7-9-37-20-12-19(30)10-17-11-21(38-15-22(34)31-5)24(35)32(6)23(17)20/h10-12,16,18H,7-9,13-15,30H2,1-6H3,(H,31,34)/t16-,18+/m0/s1. The van der Waals surface area contributed by atoms with Crippen molar-refractivity contribution < 1.29 is 32.6 Å². The van der Waals surface area contributed by atoms with Crippen molar-refractivity contribution in [1.29, 1.82) is 0 Å². The second-order valence-electron chi connectivity index (χ2n) is 10.9. The molecule has 2 aromatic rings. The van der Waals surface area contributed by atoms with Crippen molar-refractivity contribution >= 4 is 28.6 Å². The molecule has 1 aromatic heterocycles. The maximum Gasteiger partial charge on any atom is 0.410 e. The average Bonchev–Trinajstić information content (AvgIpc) is 2.83. The van der Waals surface area contributed by atoms with Crippen molar-refractivity contribution in [3.8, 4) is 11.5 Å². The molecule has 1 fully saturated rings. The number of alkyl halides is 2. The minimum atomic E-state index is -2.95. The lowest BCUT2D eigenvalue weighted by Gasteiger charge is -2.42. The van der Waals surface area contributed by atoms with Gasteiger partial charge in [-0.3, -0.25) is 9.59 Å². The fraction of sp³-hybridized carbons (Fsp3) is 0.593. The highest BCUT2D eigenvalue weighted by molar-refractivity contribution is 5.89. The number of nitrogens with two attached hydrogens (primary N) is 1. The van der Waals surface area contributed by atoms with Crippen molar-refractivity contribution in [2.45, 2.75) is 52.1 Å². The van der Waals surface area contributed by atoms with E-state index in [1.54, 1.807) is 32.9 Å². The molecule has 39 heavy (non-hydrogen) atoms. The Hall–Kier alpha value is -3.57. The number of rotatable bonds is 8. The number of fused-ring (bicyclic) bond motifs is 1. The van der Waals surface area contributed by atoms with E-state index < -0.39 is 35.0 Å². The zero-order valence-corrected chi connectivity index (χ0v) is 23.3. The number of benzene rings is 1. The number of piperidine rings is 1. The number of anilines is 1. The van der Waals surface area contributed by atoms with Crippen molar-refractivity contribution in [2.75, 3.05) is 39.1 Å². The average molecular weight is 553 g/mol. The second kappa shape index (κ2) is 11.7. The number of carbonyl (C=O) groups is 2. The maximum absolute atomic E-state index is 15.0. The topological polar surface area (TPSA) is 125 Å². The molecule has 10 nitrogen and oxygen atoms in total. The zero-order valence-electron chi connectivity index (χ0n) is 23.3. The molecule has 0 aliphatic carbocycles. The van der Waals surface area contributed by atoms with E-state index in [2.05, 4.69) is 5.32 Å². The summed E-state index contributed by atoms with van der Waals surface area (Å²) in [5.74, 6) is -5.11. The summed E-state index contributed by atoms with van der Waals surface area (Å²) in [5.41, 5.74) is 5.67. The Bertz CT molecular complexity index is 1270. The number of nitrogens with zero attached hydrogens (tertiary/aromatic N) is 2. The van der Waals surface area contributed by atoms with Gasteiger partial charge < -0.3 is 34.7 Å². The van der Waals surface area contributed by atoms with Crippen LogP contribution in [-0.2, 0) is 16.6 Å². The summed E-state index contributed by atoms with van der Waals surface area (Å²) in [5, 5.41) is 2.97. The summed E-state index contributed by atoms with van der Waals surface area (Å²) in [6.45, 7) is 6.22. The van der Waals surface area contributed by atoms with Gasteiger partial charge in [-0.25, -0.2) is 13.6 Å². The van der Waals surface area contributed by atoms with Crippen molar-refractivity contribution in [2.24, 2.45) is 18.9 Å². The summed E-state index contributed by atoms with van der Waals surface area (Å²) < 4.78 is 48.0. The molecule has 2 atom stereocenters. The van der Waals surface area contributed by atoms with Gasteiger partial charge in [0.2, 0.25) is 0 Å². The molecule has 0 unspecified atom stereocenters. The number of halogens is 2. The summed E-state index contributed by atoms with van der Waals surface area (Å²) in [7, 11) is 3.00. The summed E-state index contributed by atoms with van der Waals surface area (Å²) in [6.07, 6.45) is -0.197. The molecule has 1 aromatic carbocycles. The van der Waals surface area contributed by atoms with Crippen molar-refractivity contribution in [1.82, 2.24) is 14.8 Å². The third kappa shape index (κ3) is 7.10. The predicted octanol–water partition coefficient (Wildman–Crippen LogP) is 3.54. The lowest BCUT2D eigenvalue weighted by atomic mass is 9.83. The van der Waals surface area contributed by atoms with Gasteiger partial charge in [0.05, 0.1) is 12.1 Å². The van der Waals surface area contributed by atoms with Crippen LogP contribution in [0.25, 0.3) is 10.9 Å². The minimum Gasteiger partial charge on any atom is -0.491 e. The van der Waals surface area contributed by atoms with Gasteiger partial charge in [0.15, 0.2) is 12.4 Å². The number of aromatic nitrogens is 1. The van der Waals surface area contributed by atoms with Crippen molar-refractivity contribution in [3.05, 3.63) is 28.6 Å². The number of hydrogen-bond donors (Lipinski definition) is 2. The summed E-state index contributed by atoms with van der Waals surface area (Å²) >= 11 is 0. The first-order valence-electron chi connectivity index (χ1n) is 12.9. The highest BCUT2D eigenvalue weighted by atomic mass is 19.3. The molecule has 1 aliphatic rings. The number of likely N-dealkylation sites (N-methyl/N-ethyl adjacent to an activating group) is 1. The van der Waals surface area contributed by atoms with Crippen LogP contribution in [-0.4, -0.2) is 66.3 Å². The number of nitrogen functional groups attached to an aromatic ring is 1. The molecule has 216 valence electrons. The van der Waals surface area contributed by atoms with E-state index in [-0.39, 0.29) is 50.8 Å². The number of amides is 2. The SMILES string of the molecule is CNC(=O)COc1cc2cc(N)cc(OCCC[C@@H]3CN(C(=O)OC(C)(C)C)C[C@H](C)C3(F)F)c2n(C)c1=O. The van der Waals surface area contributed by atoms with Crippen LogP contribution in [0.15, 0.2) is 23.0 Å². The second-order valence-corrected chi connectivity index (χ2v) is 10.9. The van der Waals surface area contributed by atoms with Crippen LogP contribution in [0.4, 0.5) is 19.3 Å². The first-order valence-corrected chi connectivity index (χ1v) is 12.9. The van der Waals surface area contributed by atoms with Crippen molar-refractivity contribution in [3.63, 3.8) is 0 Å². The fourth-order valence-electron chi connectivity index (χ4n) is 4.61. The van der Waals surface area contributed by atoms with E-state index in [0.717, 1.165) is 0 Å². The van der Waals surface area contributed by atoms with Crippen LogP contribution in [0, 0.1) is 11.8 Å². The van der Waals surface area contributed by atoms with E-state index in [0.29, 0.717) is 22.3 Å². The van der Waals surface area contributed by atoms with Gasteiger partial charge >= 0.3 is 6.09 Å². The number of aryl methyl sites for hydroxylation is 1. The molecule has 2 heterocycles.